The van der Waals surface area contributed by atoms with E-state index >= 15 is 0 Å². The van der Waals surface area contributed by atoms with Crippen molar-refractivity contribution in [2.75, 3.05) is 0 Å². The Labute approximate surface area is 161 Å². The number of rotatable bonds is 4. The first-order valence-corrected chi connectivity index (χ1v) is 9.51. The highest BCUT2D eigenvalue weighted by Crippen LogP contribution is 2.34. The van der Waals surface area contributed by atoms with Crippen molar-refractivity contribution in [2.24, 2.45) is 0 Å². The molecule has 28 heavy (non-hydrogen) atoms. The molecule has 3 rings (SSSR count). The van der Waals surface area contributed by atoms with Crippen LogP contribution in [-0.4, -0.2) is 13.4 Å². The van der Waals surface area contributed by atoms with E-state index in [9.17, 15) is 30.8 Å². The summed E-state index contributed by atoms with van der Waals surface area (Å²) in [5.41, 5.74) is -2.07. The lowest BCUT2D eigenvalue weighted by Crippen LogP contribution is -2.23. The Morgan fingerprint density at radius 2 is 1.79 bits per heavy atom. The maximum absolute atomic E-state index is 13.2. The Morgan fingerprint density at radius 3 is 2.43 bits per heavy atom. The van der Waals surface area contributed by atoms with Gasteiger partial charge < -0.3 is 4.98 Å². The molecule has 0 radical (unpaired) electrons. The quantitative estimate of drug-likeness (QED) is 0.613. The molecule has 5 nitrogen and oxygen atoms in total. The lowest BCUT2D eigenvalue weighted by atomic mass is 10.1. The average molecular weight is 435 g/mol. The summed E-state index contributed by atoms with van der Waals surface area (Å²) in [6.07, 6.45) is -4.84. The lowest BCUT2D eigenvalue weighted by Gasteiger charge is -2.12. The summed E-state index contributed by atoms with van der Waals surface area (Å²) in [4.78, 5) is 13.2. The minimum atomic E-state index is -4.84. The van der Waals surface area contributed by atoms with E-state index in [0.29, 0.717) is 6.07 Å². The molecular weight excluding hydrogens is 424 g/mol. The van der Waals surface area contributed by atoms with Crippen LogP contribution in [0.1, 0.15) is 11.1 Å². The van der Waals surface area contributed by atoms with Crippen molar-refractivity contribution in [3.05, 3.63) is 74.8 Å². The highest BCUT2D eigenvalue weighted by atomic mass is 35.5. The maximum atomic E-state index is 13.2. The number of aromatic nitrogens is 1. The van der Waals surface area contributed by atoms with Gasteiger partial charge in [0.05, 0.1) is 10.5 Å². The van der Waals surface area contributed by atoms with E-state index < -0.39 is 43.4 Å². The molecule has 0 fully saturated rings. The van der Waals surface area contributed by atoms with Gasteiger partial charge in [0.15, 0.2) is 0 Å². The normalized spacial score (nSPS) is 12.5. The van der Waals surface area contributed by atoms with Crippen LogP contribution in [-0.2, 0) is 22.7 Å². The van der Waals surface area contributed by atoms with Gasteiger partial charge in [-0.15, -0.1) is 0 Å². The SMILES string of the molecule is O=c1cc(C(F)(F)F)c2cc(S(=O)(=O)NCc3ccc(F)cc3Cl)ccc2[nH]1. The molecule has 0 spiro atoms. The fourth-order valence-electron chi connectivity index (χ4n) is 2.56. The zero-order valence-electron chi connectivity index (χ0n) is 13.8. The number of benzene rings is 2. The molecule has 0 aliphatic heterocycles. The molecule has 0 unspecified atom stereocenters. The van der Waals surface area contributed by atoms with Gasteiger partial charge in [-0.05, 0) is 35.9 Å². The Morgan fingerprint density at radius 1 is 1.07 bits per heavy atom. The van der Waals surface area contributed by atoms with Crippen molar-refractivity contribution < 1.29 is 26.0 Å². The first kappa shape index (κ1) is 20.3. The second kappa shape index (κ2) is 7.19. The standard InChI is InChI=1S/C17H11ClF4N2O3S/c18-14-5-10(19)2-1-9(14)8-23-28(26,27)11-3-4-15-12(6-11)13(17(20,21)22)7-16(25)24-15/h1-7,23H,8H2,(H,24,25). The number of hydrogen-bond donors (Lipinski definition) is 2. The third-order valence-electron chi connectivity index (χ3n) is 3.90. The van der Waals surface area contributed by atoms with Gasteiger partial charge in [-0.2, -0.15) is 13.2 Å². The molecule has 0 atom stereocenters. The number of sulfonamides is 1. The first-order valence-electron chi connectivity index (χ1n) is 7.65. The molecule has 0 aliphatic carbocycles. The molecule has 0 bridgehead atoms. The molecule has 0 saturated heterocycles. The molecule has 0 saturated carbocycles. The molecule has 1 aromatic heterocycles. The van der Waals surface area contributed by atoms with E-state index in [1.807, 2.05) is 0 Å². The largest absolute Gasteiger partial charge is 0.417 e. The Hall–Kier alpha value is -2.43. The molecular formula is C17H11ClF4N2O3S. The summed E-state index contributed by atoms with van der Waals surface area (Å²) in [7, 11) is -4.21. The summed E-state index contributed by atoms with van der Waals surface area (Å²) < 4.78 is 79.8. The average Bonchev–Trinajstić information content (AvgIpc) is 2.59. The predicted molar refractivity (Wildman–Crippen MR) is 95.0 cm³/mol. The predicted octanol–water partition coefficient (Wildman–Crippen LogP) is 3.82. The Bertz CT molecular complexity index is 1220. The fourth-order valence-corrected chi connectivity index (χ4v) is 3.82. The van der Waals surface area contributed by atoms with E-state index in [-0.39, 0.29) is 22.6 Å². The minimum Gasteiger partial charge on any atom is -0.322 e. The number of H-pyrrole nitrogens is 1. The number of hydrogen-bond acceptors (Lipinski definition) is 3. The van der Waals surface area contributed by atoms with Crippen LogP contribution in [0.15, 0.2) is 52.2 Å². The van der Waals surface area contributed by atoms with E-state index in [1.54, 1.807) is 0 Å². The van der Waals surface area contributed by atoms with Gasteiger partial charge in [-0.3, -0.25) is 4.79 Å². The maximum Gasteiger partial charge on any atom is 0.417 e. The highest BCUT2D eigenvalue weighted by molar-refractivity contribution is 7.89. The van der Waals surface area contributed by atoms with Crippen molar-refractivity contribution >= 4 is 32.5 Å². The van der Waals surface area contributed by atoms with Crippen LogP contribution in [0.4, 0.5) is 17.6 Å². The zero-order chi connectivity index (χ0) is 20.7. The summed E-state index contributed by atoms with van der Waals surface area (Å²) in [6, 6.07) is 6.71. The van der Waals surface area contributed by atoms with Crippen molar-refractivity contribution in [2.45, 2.75) is 17.6 Å². The van der Waals surface area contributed by atoms with E-state index in [2.05, 4.69) is 9.71 Å². The smallest absolute Gasteiger partial charge is 0.322 e. The van der Waals surface area contributed by atoms with Crippen LogP contribution in [0.2, 0.25) is 5.02 Å². The van der Waals surface area contributed by atoms with Gasteiger partial charge in [-0.25, -0.2) is 17.5 Å². The number of aromatic amines is 1. The summed E-state index contributed by atoms with van der Waals surface area (Å²) in [5, 5.41) is -0.465. The molecule has 0 amide bonds. The van der Waals surface area contributed by atoms with Crippen molar-refractivity contribution in [3.8, 4) is 0 Å². The third-order valence-corrected chi connectivity index (χ3v) is 5.65. The monoisotopic (exact) mass is 434 g/mol. The number of alkyl halides is 3. The van der Waals surface area contributed by atoms with Gasteiger partial charge in [0.2, 0.25) is 15.6 Å². The van der Waals surface area contributed by atoms with E-state index in [1.165, 1.54) is 6.07 Å². The first-order chi connectivity index (χ1) is 13.0. The molecule has 11 heteroatoms. The van der Waals surface area contributed by atoms with Crippen molar-refractivity contribution in [1.82, 2.24) is 9.71 Å². The lowest BCUT2D eigenvalue weighted by molar-refractivity contribution is -0.136. The van der Waals surface area contributed by atoms with Crippen molar-refractivity contribution in [1.29, 1.82) is 0 Å². The van der Waals surface area contributed by atoms with Crippen LogP contribution in [0, 0.1) is 5.82 Å². The van der Waals surface area contributed by atoms with Crippen LogP contribution in [0.25, 0.3) is 10.9 Å². The van der Waals surface area contributed by atoms with E-state index in [0.717, 1.165) is 30.3 Å². The topological polar surface area (TPSA) is 79.0 Å². The number of fused-ring (bicyclic) bond motifs is 1. The van der Waals surface area contributed by atoms with Gasteiger partial charge in [0.1, 0.15) is 5.82 Å². The molecule has 3 aromatic rings. The van der Waals surface area contributed by atoms with Crippen LogP contribution in [0.3, 0.4) is 0 Å². The van der Waals surface area contributed by atoms with Gasteiger partial charge >= 0.3 is 6.18 Å². The summed E-state index contributed by atoms with van der Waals surface area (Å²) >= 11 is 5.83. The number of nitrogens with one attached hydrogen (secondary N) is 2. The molecule has 2 aromatic carbocycles. The Kier molecular flexibility index (Phi) is 5.22. The highest BCUT2D eigenvalue weighted by Gasteiger charge is 2.33. The molecule has 148 valence electrons. The van der Waals surface area contributed by atoms with Crippen LogP contribution < -0.4 is 10.3 Å². The van der Waals surface area contributed by atoms with Gasteiger partial charge in [-0.1, -0.05) is 17.7 Å². The van der Waals surface area contributed by atoms with Gasteiger partial charge in [0.25, 0.3) is 0 Å². The summed E-state index contributed by atoms with van der Waals surface area (Å²) in [6.45, 7) is -0.294. The zero-order valence-corrected chi connectivity index (χ0v) is 15.3. The van der Waals surface area contributed by atoms with Gasteiger partial charge in [0, 0.05) is 28.5 Å². The second-order valence-electron chi connectivity index (χ2n) is 5.81. The van der Waals surface area contributed by atoms with Crippen LogP contribution >= 0.6 is 11.6 Å². The summed E-state index contributed by atoms with van der Waals surface area (Å²) in [5.74, 6) is -0.597. The van der Waals surface area contributed by atoms with E-state index in [4.69, 9.17) is 11.6 Å². The third kappa shape index (κ3) is 4.18. The number of halogens is 5. The fraction of sp³-hybridized carbons (Fsp3) is 0.118. The number of pyridine rings is 1. The Balaban J connectivity index is 2.00. The minimum absolute atomic E-state index is 0.00172. The molecule has 0 aliphatic rings. The van der Waals surface area contributed by atoms with Crippen LogP contribution in [0.5, 0.6) is 0 Å². The molecule has 2 N–H and O–H groups in total. The van der Waals surface area contributed by atoms with Crippen molar-refractivity contribution in [3.63, 3.8) is 0 Å². The second-order valence-corrected chi connectivity index (χ2v) is 7.99. The molecule has 1 heterocycles.